The molecule has 174 valence electrons. The lowest BCUT2D eigenvalue weighted by Crippen LogP contribution is -2.39. The minimum absolute atomic E-state index is 0. The number of hydrogen-bond donors (Lipinski definition) is 2. The summed E-state index contributed by atoms with van der Waals surface area (Å²) < 4.78 is 12.8. The Labute approximate surface area is 207 Å². The number of halogens is 1. The number of aromatic nitrogens is 2. The maximum atomic E-state index is 5.42. The van der Waals surface area contributed by atoms with Crippen molar-refractivity contribution in [1.82, 2.24) is 20.2 Å². The maximum Gasteiger partial charge on any atom is 0.191 e. The number of para-hydroxylation sites is 2. The highest BCUT2D eigenvalue weighted by atomic mass is 127. The molecule has 0 atom stereocenters. The van der Waals surface area contributed by atoms with Crippen molar-refractivity contribution in [1.29, 1.82) is 0 Å². The highest BCUT2D eigenvalue weighted by Gasteiger charge is 2.03. The summed E-state index contributed by atoms with van der Waals surface area (Å²) in [5.41, 5.74) is 3.35. The first kappa shape index (κ1) is 25.9. The van der Waals surface area contributed by atoms with Gasteiger partial charge in [0.15, 0.2) is 5.96 Å². The normalized spacial score (nSPS) is 11.2. The number of fused-ring (bicyclic) bond motifs is 1. The summed E-state index contributed by atoms with van der Waals surface area (Å²) in [5.74, 6) is 1.68. The van der Waals surface area contributed by atoms with Gasteiger partial charge in [0.1, 0.15) is 5.75 Å². The van der Waals surface area contributed by atoms with Crippen LogP contribution in [0.25, 0.3) is 11.0 Å². The van der Waals surface area contributed by atoms with Crippen LogP contribution in [0.5, 0.6) is 5.75 Å². The van der Waals surface area contributed by atoms with Crippen molar-refractivity contribution < 1.29 is 9.47 Å². The number of nitrogens with zero attached hydrogens (tertiary/aromatic N) is 3. The zero-order valence-corrected chi connectivity index (χ0v) is 21.2. The standard InChI is InChI=1S/C24H33N5O2.HI/c1-3-31-17-7-15-26-24(27-18-20-10-12-21(30-2)13-11-20)25-14-6-16-29-19-28-22-8-4-5-9-23(22)29;/h4-5,8-13,19H,3,6-7,14-18H2,1-2H3,(H2,25,26,27);1H. The Hall–Kier alpha value is -2.33. The van der Waals surface area contributed by atoms with Crippen molar-refractivity contribution in [3.63, 3.8) is 0 Å². The van der Waals surface area contributed by atoms with Crippen LogP contribution in [-0.4, -0.2) is 48.9 Å². The Balaban J connectivity index is 0.00000363. The first-order valence-electron chi connectivity index (χ1n) is 10.9. The summed E-state index contributed by atoms with van der Waals surface area (Å²) in [6, 6.07) is 16.2. The smallest absolute Gasteiger partial charge is 0.191 e. The van der Waals surface area contributed by atoms with E-state index in [1.807, 2.05) is 49.6 Å². The van der Waals surface area contributed by atoms with Crippen LogP contribution in [-0.2, 0) is 17.8 Å². The van der Waals surface area contributed by atoms with E-state index in [4.69, 9.17) is 14.5 Å². The zero-order chi connectivity index (χ0) is 21.7. The molecule has 0 aliphatic rings. The Kier molecular flexibility index (Phi) is 11.9. The van der Waals surface area contributed by atoms with Crippen LogP contribution in [0, 0.1) is 0 Å². The summed E-state index contributed by atoms with van der Waals surface area (Å²) in [6.07, 6.45) is 3.83. The van der Waals surface area contributed by atoms with E-state index in [1.165, 1.54) is 5.52 Å². The van der Waals surface area contributed by atoms with Crippen molar-refractivity contribution in [2.24, 2.45) is 4.99 Å². The average molecular weight is 551 g/mol. The fraction of sp³-hybridized carbons (Fsp3) is 0.417. The van der Waals surface area contributed by atoms with Gasteiger partial charge in [-0.3, -0.25) is 0 Å². The number of ether oxygens (including phenoxy) is 2. The van der Waals surface area contributed by atoms with Gasteiger partial charge in [0.2, 0.25) is 0 Å². The molecule has 0 fully saturated rings. The molecule has 0 spiro atoms. The van der Waals surface area contributed by atoms with E-state index in [2.05, 4.69) is 32.3 Å². The molecule has 3 rings (SSSR count). The lowest BCUT2D eigenvalue weighted by atomic mass is 10.2. The Morgan fingerprint density at radius 2 is 1.78 bits per heavy atom. The van der Waals surface area contributed by atoms with Crippen LogP contribution < -0.4 is 15.4 Å². The van der Waals surface area contributed by atoms with Crippen LogP contribution >= 0.6 is 24.0 Å². The quantitative estimate of drug-likeness (QED) is 0.153. The zero-order valence-electron chi connectivity index (χ0n) is 18.9. The predicted molar refractivity (Wildman–Crippen MR) is 141 cm³/mol. The summed E-state index contributed by atoms with van der Waals surface area (Å²) >= 11 is 0. The molecule has 0 saturated heterocycles. The van der Waals surface area contributed by atoms with Crippen molar-refractivity contribution in [2.45, 2.75) is 32.9 Å². The molecule has 0 saturated carbocycles. The third kappa shape index (κ3) is 8.31. The van der Waals surface area contributed by atoms with E-state index in [0.29, 0.717) is 6.54 Å². The minimum atomic E-state index is 0. The van der Waals surface area contributed by atoms with E-state index < -0.39 is 0 Å². The van der Waals surface area contributed by atoms with Crippen molar-refractivity contribution >= 4 is 41.0 Å². The van der Waals surface area contributed by atoms with Gasteiger partial charge in [0.05, 0.1) is 31.0 Å². The molecule has 3 aromatic rings. The number of guanidine groups is 1. The molecule has 7 nitrogen and oxygen atoms in total. The first-order valence-corrected chi connectivity index (χ1v) is 10.9. The molecule has 0 unspecified atom stereocenters. The number of imidazole rings is 1. The molecule has 1 aromatic heterocycles. The second-order valence-corrected chi connectivity index (χ2v) is 7.20. The lowest BCUT2D eigenvalue weighted by molar-refractivity contribution is 0.145. The molecule has 0 aliphatic carbocycles. The molecule has 2 aromatic carbocycles. The highest BCUT2D eigenvalue weighted by Crippen LogP contribution is 2.13. The molecular formula is C24H34IN5O2. The molecule has 1 heterocycles. The molecule has 8 heteroatoms. The maximum absolute atomic E-state index is 5.42. The van der Waals surface area contributed by atoms with Crippen LogP contribution in [0.15, 0.2) is 59.9 Å². The summed E-state index contributed by atoms with van der Waals surface area (Å²) in [4.78, 5) is 9.20. The fourth-order valence-corrected chi connectivity index (χ4v) is 3.25. The Morgan fingerprint density at radius 3 is 2.53 bits per heavy atom. The van der Waals surface area contributed by atoms with Gasteiger partial charge in [0, 0.05) is 32.8 Å². The SMILES string of the molecule is CCOCCCNC(=NCc1ccc(OC)cc1)NCCCn1cnc2ccccc21.I. The van der Waals surface area contributed by atoms with Gasteiger partial charge < -0.3 is 24.7 Å². The van der Waals surface area contributed by atoms with E-state index in [-0.39, 0.29) is 24.0 Å². The molecule has 32 heavy (non-hydrogen) atoms. The summed E-state index contributed by atoms with van der Waals surface area (Å²) in [6.45, 7) is 6.68. The van der Waals surface area contributed by atoms with Crippen molar-refractivity contribution in [3.8, 4) is 5.75 Å². The topological polar surface area (TPSA) is 72.7 Å². The number of aryl methyl sites for hydroxylation is 1. The van der Waals surface area contributed by atoms with Gasteiger partial charge in [-0.05, 0) is 49.6 Å². The molecular weight excluding hydrogens is 517 g/mol. The third-order valence-corrected chi connectivity index (χ3v) is 4.94. The lowest BCUT2D eigenvalue weighted by Gasteiger charge is -2.13. The Morgan fingerprint density at radius 1 is 1.03 bits per heavy atom. The largest absolute Gasteiger partial charge is 0.497 e. The monoisotopic (exact) mass is 551 g/mol. The highest BCUT2D eigenvalue weighted by molar-refractivity contribution is 14.0. The van der Waals surface area contributed by atoms with Crippen LogP contribution in [0.4, 0.5) is 0 Å². The number of hydrogen-bond acceptors (Lipinski definition) is 4. The summed E-state index contributed by atoms with van der Waals surface area (Å²) in [7, 11) is 1.67. The number of nitrogens with one attached hydrogen (secondary N) is 2. The van der Waals surface area contributed by atoms with Crippen molar-refractivity contribution in [2.75, 3.05) is 33.4 Å². The van der Waals surface area contributed by atoms with E-state index >= 15 is 0 Å². The number of rotatable bonds is 12. The van der Waals surface area contributed by atoms with Crippen LogP contribution in [0.1, 0.15) is 25.3 Å². The second kappa shape index (κ2) is 14.7. The molecule has 0 amide bonds. The van der Waals surface area contributed by atoms with Gasteiger partial charge in [-0.2, -0.15) is 0 Å². The second-order valence-electron chi connectivity index (χ2n) is 7.20. The van der Waals surface area contributed by atoms with E-state index in [9.17, 15) is 0 Å². The van der Waals surface area contributed by atoms with Gasteiger partial charge in [-0.1, -0.05) is 24.3 Å². The van der Waals surface area contributed by atoms with E-state index in [0.717, 1.165) is 68.5 Å². The first-order chi connectivity index (χ1) is 15.3. The molecule has 0 bridgehead atoms. The molecule has 2 N–H and O–H groups in total. The average Bonchev–Trinajstić information content (AvgIpc) is 3.23. The predicted octanol–water partition coefficient (Wildman–Crippen LogP) is 4.22. The van der Waals surface area contributed by atoms with Crippen molar-refractivity contribution in [3.05, 3.63) is 60.4 Å². The molecule has 0 radical (unpaired) electrons. The fourth-order valence-electron chi connectivity index (χ4n) is 3.25. The van der Waals surface area contributed by atoms with Crippen LogP contribution in [0.2, 0.25) is 0 Å². The number of aliphatic imine (C=N–C) groups is 1. The van der Waals surface area contributed by atoms with Gasteiger partial charge in [-0.15, -0.1) is 24.0 Å². The number of methoxy groups -OCH3 is 1. The summed E-state index contributed by atoms with van der Waals surface area (Å²) in [5, 5.41) is 6.86. The minimum Gasteiger partial charge on any atom is -0.497 e. The van der Waals surface area contributed by atoms with Gasteiger partial charge >= 0.3 is 0 Å². The van der Waals surface area contributed by atoms with Crippen LogP contribution in [0.3, 0.4) is 0 Å². The van der Waals surface area contributed by atoms with E-state index in [1.54, 1.807) is 7.11 Å². The Bertz CT molecular complexity index is 943. The molecule has 0 aliphatic heterocycles. The van der Waals surface area contributed by atoms with Gasteiger partial charge in [0.25, 0.3) is 0 Å². The number of benzene rings is 2. The third-order valence-electron chi connectivity index (χ3n) is 4.94. The van der Waals surface area contributed by atoms with Gasteiger partial charge in [-0.25, -0.2) is 9.98 Å².